The van der Waals surface area contributed by atoms with Gasteiger partial charge in [-0.2, -0.15) is 0 Å². The van der Waals surface area contributed by atoms with E-state index in [0.717, 1.165) is 25.8 Å². The van der Waals surface area contributed by atoms with E-state index in [4.69, 9.17) is 5.11 Å². The molecule has 1 aliphatic rings. The van der Waals surface area contributed by atoms with Crippen LogP contribution in [0.25, 0.3) is 0 Å². The molecule has 0 heterocycles. The molecule has 1 amide bonds. The molecular formula is C11H20N2O3. The van der Waals surface area contributed by atoms with Gasteiger partial charge in [-0.05, 0) is 38.8 Å². The van der Waals surface area contributed by atoms with Crippen LogP contribution < -0.4 is 10.6 Å². The fourth-order valence-electron chi connectivity index (χ4n) is 1.39. The smallest absolute Gasteiger partial charge is 0.303 e. The number of carboxylic acids is 1. The minimum Gasteiger partial charge on any atom is -0.481 e. The first-order valence-corrected chi connectivity index (χ1v) is 5.90. The number of aliphatic carboxylic acids is 1. The second-order valence-electron chi connectivity index (χ2n) is 4.19. The largest absolute Gasteiger partial charge is 0.481 e. The highest BCUT2D eigenvalue weighted by molar-refractivity contribution is 5.76. The van der Waals surface area contributed by atoms with Crippen molar-refractivity contribution in [1.82, 2.24) is 10.6 Å². The van der Waals surface area contributed by atoms with Gasteiger partial charge in [-0.25, -0.2) is 0 Å². The first-order chi connectivity index (χ1) is 7.68. The summed E-state index contributed by atoms with van der Waals surface area (Å²) in [7, 11) is 0. The molecule has 0 aromatic heterocycles. The summed E-state index contributed by atoms with van der Waals surface area (Å²) in [5, 5.41) is 14.4. The van der Waals surface area contributed by atoms with Gasteiger partial charge in [0.15, 0.2) is 0 Å². The van der Waals surface area contributed by atoms with Crippen molar-refractivity contribution in [1.29, 1.82) is 0 Å². The van der Waals surface area contributed by atoms with Crippen LogP contribution in [-0.4, -0.2) is 36.1 Å². The van der Waals surface area contributed by atoms with E-state index in [-0.39, 0.29) is 12.3 Å². The molecule has 0 aliphatic heterocycles. The number of nitrogens with one attached hydrogen (secondary N) is 2. The van der Waals surface area contributed by atoms with Crippen LogP contribution in [-0.2, 0) is 9.59 Å². The Morgan fingerprint density at radius 2 is 1.75 bits per heavy atom. The number of amides is 1. The molecular weight excluding hydrogens is 208 g/mol. The lowest BCUT2D eigenvalue weighted by atomic mass is 10.2. The van der Waals surface area contributed by atoms with Crippen molar-refractivity contribution in [3.05, 3.63) is 0 Å². The van der Waals surface area contributed by atoms with Crippen LogP contribution in [0.4, 0.5) is 0 Å². The van der Waals surface area contributed by atoms with Crippen molar-refractivity contribution in [2.45, 2.75) is 44.6 Å². The van der Waals surface area contributed by atoms with E-state index < -0.39 is 5.97 Å². The molecule has 1 fully saturated rings. The summed E-state index contributed by atoms with van der Waals surface area (Å²) in [5.41, 5.74) is 0. The maximum absolute atomic E-state index is 11.3. The second kappa shape index (κ2) is 7.22. The lowest BCUT2D eigenvalue weighted by Crippen LogP contribution is -2.26. The Morgan fingerprint density at radius 1 is 1.12 bits per heavy atom. The van der Waals surface area contributed by atoms with E-state index in [1.807, 2.05) is 0 Å². The SMILES string of the molecule is O=C(O)CCCNCCCC(=O)NC1CC1. The van der Waals surface area contributed by atoms with Gasteiger partial charge in [0.2, 0.25) is 5.91 Å². The molecule has 0 aromatic rings. The number of carboxylic acid groups (broad SMARTS) is 1. The van der Waals surface area contributed by atoms with Crippen LogP contribution >= 0.6 is 0 Å². The monoisotopic (exact) mass is 228 g/mol. The highest BCUT2D eigenvalue weighted by Crippen LogP contribution is 2.18. The molecule has 1 aliphatic carbocycles. The molecule has 1 saturated carbocycles. The molecule has 0 radical (unpaired) electrons. The van der Waals surface area contributed by atoms with Crippen molar-refractivity contribution in [2.75, 3.05) is 13.1 Å². The molecule has 3 N–H and O–H groups in total. The van der Waals surface area contributed by atoms with Gasteiger partial charge in [0, 0.05) is 18.9 Å². The first kappa shape index (κ1) is 13.0. The van der Waals surface area contributed by atoms with E-state index in [1.54, 1.807) is 0 Å². The zero-order valence-electron chi connectivity index (χ0n) is 9.50. The Hall–Kier alpha value is -1.10. The fourth-order valence-corrected chi connectivity index (χ4v) is 1.39. The summed E-state index contributed by atoms with van der Waals surface area (Å²) in [6, 6.07) is 0.441. The Balaban J connectivity index is 1.80. The Kier molecular flexibility index (Phi) is 5.85. The number of carbonyl (C=O) groups is 2. The average Bonchev–Trinajstić information content (AvgIpc) is 2.99. The minimum atomic E-state index is -0.759. The molecule has 1 rings (SSSR count). The van der Waals surface area contributed by atoms with Gasteiger partial charge in [-0.1, -0.05) is 0 Å². The zero-order chi connectivity index (χ0) is 11.8. The summed E-state index contributed by atoms with van der Waals surface area (Å²) < 4.78 is 0. The third kappa shape index (κ3) is 7.23. The lowest BCUT2D eigenvalue weighted by molar-refractivity contribution is -0.137. The van der Waals surface area contributed by atoms with Crippen LogP contribution in [0.2, 0.25) is 0 Å². The van der Waals surface area contributed by atoms with E-state index >= 15 is 0 Å². The lowest BCUT2D eigenvalue weighted by Gasteiger charge is -2.04. The molecule has 5 heteroatoms. The summed E-state index contributed by atoms with van der Waals surface area (Å²) in [4.78, 5) is 21.5. The maximum atomic E-state index is 11.3. The van der Waals surface area contributed by atoms with Crippen molar-refractivity contribution in [3.63, 3.8) is 0 Å². The summed E-state index contributed by atoms with van der Waals surface area (Å²) in [6.07, 6.45) is 4.46. The quantitative estimate of drug-likeness (QED) is 0.502. The first-order valence-electron chi connectivity index (χ1n) is 5.90. The Bertz CT molecular complexity index is 239. The highest BCUT2D eigenvalue weighted by Gasteiger charge is 2.22. The number of carbonyl (C=O) groups excluding carboxylic acids is 1. The number of rotatable bonds is 9. The third-order valence-electron chi connectivity index (χ3n) is 2.44. The summed E-state index contributed by atoms with van der Waals surface area (Å²) in [6.45, 7) is 1.48. The van der Waals surface area contributed by atoms with E-state index in [1.165, 1.54) is 0 Å². The average molecular weight is 228 g/mol. The van der Waals surface area contributed by atoms with Crippen molar-refractivity contribution >= 4 is 11.9 Å². The fraction of sp³-hybridized carbons (Fsp3) is 0.818. The summed E-state index contributed by atoms with van der Waals surface area (Å²) >= 11 is 0. The Labute approximate surface area is 95.6 Å². The van der Waals surface area contributed by atoms with Crippen LogP contribution in [0.15, 0.2) is 0 Å². The molecule has 5 nitrogen and oxygen atoms in total. The van der Waals surface area contributed by atoms with Crippen molar-refractivity contribution < 1.29 is 14.7 Å². The van der Waals surface area contributed by atoms with Crippen molar-refractivity contribution in [3.8, 4) is 0 Å². The topological polar surface area (TPSA) is 78.4 Å². The molecule has 16 heavy (non-hydrogen) atoms. The third-order valence-corrected chi connectivity index (χ3v) is 2.44. The van der Waals surface area contributed by atoms with Gasteiger partial charge in [-0.15, -0.1) is 0 Å². The molecule has 0 aromatic carbocycles. The van der Waals surface area contributed by atoms with Crippen LogP contribution in [0.5, 0.6) is 0 Å². The zero-order valence-corrected chi connectivity index (χ0v) is 9.50. The normalized spacial score (nSPS) is 14.8. The van der Waals surface area contributed by atoms with Gasteiger partial charge in [-0.3, -0.25) is 9.59 Å². The molecule has 0 spiro atoms. The minimum absolute atomic E-state index is 0.134. The summed E-state index contributed by atoms with van der Waals surface area (Å²) in [5.74, 6) is -0.625. The molecule has 0 saturated heterocycles. The number of hydrogen-bond acceptors (Lipinski definition) is 3. The highest BCUT2D eigenvalue weighted by atomic mass is 16.4. The van der Waals surface area contributed by atoms with E-state index in [9.17, 15) is 9.59 Å². The van der Waals surface area contributed by atoms with Gasteiger partial charge in [0.05, 0.1) is 0 Å². The van der Waals surface area contributed by atoms with Crippen LogP contribution in [0, 0.1) is 0 Å². The predicted molar refractivity (Wildman–Crippen MR) is 60.1 cm³/mol. The van der Waals surface area contributed by atoms with Crippen LogP contribution in [0.3, 0.4) is 0 Å². The van der Waals surface area contributed by atoms with E-state index in [0.29, 0.717) is 25.4 Å². The number of hydrogen-bond donors (Lipinski definition) is 3. The van der Waals surface area contributed by atoms with Gasteiger partial charge >= 0.3 is 5.97 Å². The second-order valence-corrected chi connectivity index (χ2v) is 4.19. The van der Waals surface area contributed by atoms with Gasteiger partial charge < -0.3 is 15.7 Å². The Morgan fingerprint density at radius 3 is 2.31 bits per heavy atom. The molecule has 92 valence electrons. The standard InChI is InChI=1S/C11H20N2O3/c14-10(13-9-5-6-9)3-1-7-12-8-2-4-11(15)16/h9,12H,1-8H2,(H,13,14)(H,15,16). The predicted octanol–water partition coefficient (Wildman–Crippen LogP) is 0.500. The molecule has 0 atom stereocenters. The van der Waals surface area contributed by atoms with Gasteiger partial charge in [0.25, 0.3) is 0 Å². The van der Waals surface area contributed by atoms with Crippen molar-refractivity contribution in [2.24, 2.45) is 0 Å². The molecule has 0 unspecified atom stereocenters. The van der Waals surface area contributed by atoms with Crippen LogP contribution in [0.1, 0.15) is 38.5 Å². The van der Waals surface area contributed by atoms with E-state index in [2.05, 4.69) is 10.6 Å². The molecule has 0 bridgehead atoms. The van der Waals surface area contributed by atoms with Gasteiger partial charge in [0.1, 0.15) is 0 Å². The maximum Gasteiger partial charge on any atom is 0.303 e.